The summed E-state index contributed by atoms with van der Waals surface area (Å²) in [5.74, 6) is 1.50. The van der Waals surface area contributed by atoms with Crippen LogP contribution in [0.15, 0.2) is 48.5 Å². The molecule has 132 valence electrons. The third-order valence-corrected chi connectivity index (χ3v) is 4.12. The minimum Gasteiger partial charge on any atom is -0.497 e. The largest absolute Gasteiger partial charge is 0.497 e. The lowest BCUT2D eigenvalue weighted by Gasteiger charge is -2.12. The van der Waals surface area contributed by atoms with Crippen LogP contribution in [0.3, 0.4) is 0 Å². The molecule has 1 saturated heterocycles. The second-order valence-electron chi connectivity index (χ2n) is 6.04. The van der Waals surface area contributed by atoms with E-state index in [1.807, 2.05) is 48.5 Å². The van der Waals surface area contributed by atoms with Gasteiger partial charge in [0, 0.05) is 12.3 Å². The lowest BCUT2D eigenvalue weighted by molar-refractivity contribution is -0.115. The summed E-state index contributed by atoms with van der Waals surface area (Å²) in [6.45, 7) is 1.40. The first-order chi connectivity index (χ1) is 12.2. The molecule has 5 heteroatoms. The predicted octanol–water partition coefficient (Wildman–Crippen LogP) is 3.43. The van der Waals surface area contributed by atoms with E-state index in [1.165, 1.54) is 0 Å². The highest BCUT2D eigenvalue weighted by atomic mass is 16.5. The Labute approximate surface area is 147 Å². The Morgan fingerprint density at radius 1 is 1.12 bits per heavy atom. The molecule has 0 aromatic heterocycles. The van der Waals surface area contributed by atoms with E-state index < -0.39 is 0 Å². The Hall–Kier alpha value is -2.53. The van der Waals surface area contributed by atoms with Gasteiger partial charge in [-0.15, -0.1) is 0 Å². The summed E-state index contributed by atoms with van der Waals surface area (Å²) < 4.78 is 16.4. The van der Waals surface area contributed by atoms with Crippen LogP contribution >= 0.6 is 0 Å². The van der Waals surface area contributed by atoms with Gasteiger partial charge in [0.2, 0.25) is 5.91 Å². The molecule has 1 fully saturated rings. The van der Waals surface area contributed by atoms with Gasteiger partial charge in [0.15, 0.2) is 0 Å². The number of hydrogen-bond donors (Lipinski definition) is 1. The number of hydrogen-bond acceptors (Lipinski definition) is 4. The second-order valence-corrected chi connectivity index (χ2v) is 6.04. The van der Waals surface area contributed by atoms with Crippen molar-refractivity contribution in [2.45, 2.75) is 25.4 Å². The number of rotatable bonds is 7. The SMILES string of the molecule is COc1ccc(CC(=O)Nc2ccc(OC[C@@H]3CCCO3)cc2)cc1. The fourth-order valence-corrected chi connectivity index (χ4v) is 2.73. The van der Waals surface area contributed by atoms with Gasteiger partial charge < -0.3 is 19.5 Å². The smallest absolute Gasteiger partial charge is 0.228 e. The molecule has 0 radical (unpaired) electrons. The molecular weight excluding hydrogens is 318 g/mol. The van der Waals surface area contributed by atoms with Crippen molar-refractivity contribution in [1.82, 2.24) is 0 Å². The molecular formula is C20H23NO4. The average Bonchev–Trinajstić information content (AvgIpc) is 3.15. The lowest BCUT2D eigenvalue weighted by atomic mass is 10.1. The Morgan fingerprint density at radius 2 is 1.84 bits per heavy atom. The summed E-state index contributed by atoms with van der Waals surface area (Å²) in [5, 5.41) is 2.89. The highest BCUT2D eigenvalue weighted by Crippen LogP contribution is 2.19. The summed E-state index contributed by atoms with van der Waals surface area (Å²) in [4.78, 5) is 12.1. The zero-order valence-corrected chi connectivity index (χ0v) is 14.4. The summed E-state index contributed by atoms with van der Waals surface area (Å²) >= 11 is 0. The van der Waals surface area contributed by atoms with Crippen molar-refractivity contribution >= 4 is 11.6 Å². The Bertz CT molecular complexity index is 676. The Morgan fingerprint density at radius 3 is 2.48 bits per heavy atom. The van der Waals surface area contributed by atoms with Crippen LogP contribution in [-0.2, 0) is 16.0 Å². The van der Waals surface area contributed by atoms with E-state index in [0.29, 0.717) is 13.0 Å². The monoisotopic (exact) mass is 341 g/mol. The van der Waals surface area contributed by atoms with Crippen LogP contribution in [0.2, 0.25) is 0 Å². The van der Waals surface area contributed by atoms with E-state index in [-0.39, 0.29) is 12.0 Å². The standard InChI is InChI=1S/C20H23NO4/c1-23-17-8-4-15(5-9-17)13-20(22)21-16-6-10-18(11-7-16)25-14-19-3-2-12-24-19/h4-11,19H,2-3,12-14H2,1H3,(H,21,22)/t19-/m0/s1. The van der Waals surface area contributed by atoms with Crippen LogP contribution in [0.25, 0.3) is 0 Å². The maximum atomic E-state index is 12.1. The Balaban J connectivity index is 1.47. The van der Waals surface area contributed by atoms with Gasteiger partial charge in [0.1, 0.15) is 18.1 Å². The Kier molecular flexibility index (Phi) is 5.90. The molecule has 1 atom stereocenters. The zero-order valence-electron chi connectivity index (χ0n) is 14.4. The van der Waals surface area contributed by atoms with Crippen molar-refractivity contribution in [3.8, 4) is 11.5 Å². The summed E-state index contributed by atoms with van der Waals surface area (Å²) in [6.07, 6.45) is 2.68. The lowest BCUT2D eigenvalue weighted by Crippen LogP contribution is -2.16. The fourth-order valence-electron chi connectivity index (χ4n) is 2.73. The molecule has 0 saturated carbocycles. The first-order valence-electron chi connectivity index (χ1n) is 8.50. The first kappa shape index (κ1) is 17.3. The molecule has 1 N–H and O–H groups in total. The number of benzene rings is 2. The third-order valence-electron chi connectivity index (χ3n) is 4.12. The second kappa shape index (κ2) is 8.53. The van der Waals surface area contributed by atoms with E-state index in [0.717, 1.165) is 42.2 Å². The van der Waals surface area contributed by atoms with Crippen LogP contribution < -0.4 is 14.8 Å². The van der Waals surface area contributed by atoms with Gasteiger partial charge in [0.25, 0.3) is 0 Å². The van der Waals surface area contributed by atoms with Gasteiger partial charge in [0.05, 0.1) is 19.6 Å². The number of amides is 1. The van der Waals surface area contributed by atoms with Gasteiger partial charge in [-0.05, 0) is 54.8 Å². The molecule has 3 rings (SSSR count). The predicted molar refractivity (Wildman–Crippen MR) is 96.2 cm³/mol. The summed E-state index contributed by atoms with van der Waals surface area (Å²) in [6, 6.07) is 14.9. The van der Waals surface area contributed by atoms with E-state index in [4.69, 9.17) is 14.2 Å². The van der Waals surface area contributed by atoms with Gasteiger partial charge in [-0.25, -0.2) is 0 Å². The van der Waals surface area contributed by atoms with Crippen molar-refractivity contribution in [2.75, 3.05) is 25.6 Å². The molecule has 0 spiro atoms. The van der Waals surface area contributed by atoms with E-state index in [2.05, 4.69) is 5.32 Å². The minimum absolute atomic E-state index is 0.0572. The van der Waals surface area contributed by atoms with Crippen molar-refractivity contribution in [3.05, 3.63) is 54.1 Å². The molecule has 1 heterocycles. The maximum Gasteiger partial charge on any atom is 0.228 e. The van der Waals surface area contributed by atoms with E-state index in [9.17, 15) is 4.79 Å². The van der Waals surface area contributed by atoms with Crippen LogP contribution in [0.4, 0.5) is 5.69 Å². The first-order valence-corrected chi connectivity index (χ1v) is 8.50. The minimum atomic E-state index is -0.0572. The molecule has 2 aromatic rings. The number of anilines is 1. The van der Waals surface area contributed by atoms with E-state index >= 15 is 0 Å². The van der Waals surface area contributed by atoms with Gasteiger partial charge >= 0.3 is 0 Å². The van der Waals surface area contributed by atoms with Crippen LogP contribution in [0, 0.1) is 0 Å². The van der Waals surface area contributed by atoms with Gasteiger partial charge in [-0.2, -0.15) is 0 Å². The quantitative estimate of drug-likeness (QED) is 0.838. The van der Waals surface area contributed by atoms with Crippen molar-refractivity contribution < 1.29 is 19.0 Å². The van der Waals surface area contributed by atoms with Gasteiger partial charge in [-0.1, -0.05) is 12.1 Å². The molecule has 1 aliphatic heterocycles. The molecule has 25 heavy (non-hydrogen) atoms. The number of ether oxygens (including phenoxy) is 3. The van der Waals surface area contributed by atoms with Crippen molar-refractivity contribution in [1.29, 1.82) is 0 Å². The van der Waals surface area contributed by atoms with Crippen molar-refractivity contribution in [3.63, 3.8) is 0 Å². The highest BCUT2D eigenvalue weighted by molar-refractivity contribution is 5.92. The molecule has 0 aliphatic carbocycles. The molecule has 1 aliphatic rings. The number of nitrogens with one attached hydrogen (secondary N) is 1. The van der Waals surface area contributed by atoms with Crippen LogP contribution in [-0.4, -0.2) is 32.3 Å². The topological polar surface area (TPSA) is 56.8 Å². The summed E-state index contributed by atoms with van der Waals surface area (Å²) in [7, 11) is 1.62. The zero-order chi connectivity index (χ0) is 17.5. The molecule has 5 nitrogen and oxygen atoms in total. The van der Waals surface area contributed by atoms with Crippen molar-refractivity contribution in [2.24, 2.45) is 0 Å². The summed E-state index contributed by atoms with van der Waals surface area (Å²) in [5.41, 5.74) is 1.69. The van der Waals surface area contributed by atoms with Crippen LogP contribution in [0.5, 0.6) is 11.5 Å². The maximum absolute atomic E-state index is 12.1. The number of methoxy groups -OCH3 is 1. The average molecular weight is 341 g/mol. The number of carbonyl (C=O) groups excluding carboxylic acids is 1. The molecule has 0 bridgehead atoms. The molecule has 1 amide bonds. The number of carbonyl (C=O) groups is 1. The third kappa shape index (κ3) is 5.22. The normalized spacial score (nSPS) is 16.4. The molecule has 0 unspecified atom stereocenters. The van der Waals surface area contributed by atoms with Crippen LogP contribution in [0.1, 0.15) is 18.4 Å². The molecule has 2 aromatic carbocycles. The fraction of sp³-hybridized carbons (Fsp3) is 0.350. The highest BCUT2D eigenvalue weighted by Gasteiger charge is 2.15. The van der Waals surface area contributed by atoms with Gasteiger partial charge in [-0.3, -0.25) is 4.79 Å². The van der Waals surface area contributed by atoms with E-state index in [1.54, 1.807) is 7.11 Å².